The van der Waals surface area contributed by atoms with Crippen LogP contribution in [0, 0.1) is 11.8 Å². The zero-order chi connectivity index (χ0) is 15.4. The number of likely N-dealkylation sites (tertiary alicyclic amines) is 1. The molecule has 2 rings (SSSR count). The van der Waals surface area contributed by atoms with Gasteiger partial charge in [0.1, 0.15) is 0 Å². The lowest BCUT2D eigenvalue weighted by molar-refractivity contribution is -0.140. The van der Waals surface area contributed by atoms with E-state index < -0.39 is 0 Å². The number of hydrogen-bond acceptors (Lipinski definition) is 4. The molecular weight excluding hydrogens is 270 g/mol. The molecule has 118 valence electrons. The number of nitrogens with zero attached hydrogens (tertiary/aromatic N) is 2. The number of carbonyl (C=O) groups is 3. The molecule has 1 saturated carbocycles. The standard InChI is InChI=1S/C15H25N3O3/c1-17(2)10-8-16-13(19)7-9-18-14(20)11-5-3-4-6-12(11)15(18)21/h11-12H,3-10H2,1-2H3,(H,16,19)/t11-,12-/m1/s1. The van der Waals surface area contributed by atoms with Gasteiger partial charge in [0.2, 0.25) is 17.7 Å². The molecule has 0 spiro atoms. The summed E-state index contributed by atoms with van der Waals surface area (Å²) in [5.41, 5.74) is 0. The van der Waals surface area contributed by atoms with Gasteiger partial charge in [-0.25, -0.2) is 0 Å². The van der Waals surface area contributed by atoms with E-state index in [1.807, 2.05) is 19.0 Å². The summed E-state index contributed by atoms with van der Waals surface area (Å²) in [6, 6.07) is 0. The molecule has 1 saturated heterocycles. The fourth-order valence-electron chi connectivity index (χ4n) is 3.17. The van der Waals surface area contributed by atoms with Gasteiger partial charge in [-0.15, -0.1) is 0 Å². The van der Waals surface area contributed by atoms with Crippen molar-refractivity contribution in [3.63, 3.8) is 0 Å². The monoisotopic (exact) mass is 295 g/mol. The van der Waals surface area contributed by atoms with Crippen LogP contribution < -0.4 is 5.32 Å². The van der Waals surface area contributed by atoms with Gasteiger partial charge in [0.05, 0.1) is 11.8 Å². The third-order valence-electron chi connectivity index (χ3n) is 4.38. The topological polar surface area (TPSA) is 69.7 Å². The Hall–Kier alpha value is -1.43. The molecule has 2 atom stereocenters. The Balaban J connectivity index is 1.79. The Kier molecular flexibility index (Phi) is 5.33. The highest BCUT2D eigenvalue weighted by Gasteiger charge is 2.47. The van der Waals surface area contributed by atoms with Crippen molar-refractivity contribution in [3.8, 4) is 0 Å². The number of rotatable bonds is 6. The molecule has 21 heavy (non-hydrogen) atoms. The van der Waals surface area contributed by atoms with Gasteiger partial charge in [-0.1, -0.05) is 12.8 Å². The fraction of sp³-hybridized carbons (Fsp3) is 0.800. The van der Waals surface area contributed by atoms with Crippen LogP contribution in [-0.2, 0) is 14.4 Å². The van der Waals surface area contributed by atoms with Crippen LogP contribution in [-0.4, -0.2) is 61.3 Å². The summed E-state index contributed by atoms with van der Waals surface area (Å²) in [6.07, 6.45) is 3.89. The molecule has 3 amide bonds. The molecule has 0 aromatic carbocycles. The highest BCUT2D eigenvalue weighted by molar-refractivity contribution is 6.05. The maximum atomic E-state index is 12.2. The quantitative estimate of drug-likeness (QED) is 0.712. The highest BCUT2D eigenvalue weighted by atomic mass is 16.2. The average Bonchev–Trinajstić information content (AvgIpc) is 2.69. The van der Waals surface area contributed by atoms with E-state index in [-0.39, 0.29) is 42.5 Å². The number of carbonyl (C=O) groups excluding carboxylic acids is 3. The summed E-state index contributed by atoms with van der Waals surface area (Å²) in [6.45, 7) is 1.58. The SMILES string of the molecule is CN(C)CCNC(=O)CCN1C(=O)[C@@H]2CCCC[C@H]2C1=O. The minimum Gasteiger partial charge on any atom is -0.355 e. The summed E-state index contributed by atoms with van der Waals surface area (Å²) < 4.78 is 0. The number of imide groups is 1. The van der Waals surface area contributed by atoms with Crippen molar-refractivity contribution in [3.05, 3.63) is 0 Å². The summed E-state index contributed by atoms with van der Waals surface area (Å²) in [5.74, 6) is -0.477. The van der Waals surface area contributed by atoms with Gasteiger partial charge in [0.15, 0.2) is 0 Å². The van der Waals surface area contributed by atoms with E-state index in [0.717, 1.165) is 32.2 Å². The first-order valence-corrected chi connectivity index (χ1v) is 7.77. The molecule has 2 aliphatic rings. The van der Waals surface area contributed by atoms with Gasteiger partial charge in [-0.05, 0) is 26.9 Å². The predicted molar refractivity (Wildman–Crippen MR) is 78.3 cm³/mol. The largest absolute Gasteiger partial charge is 0.355 e. The number of fused-ring (bicyclic) bond motifs is 1. The Morgan fingerprint density at radius 1 is 1.19 bits per heavy atom. The van der Waals surface area contributed by atoms with E-state index in [1.54, 1.807) is 0 Å². The van der Waals surface area contributed by atoms with Crippen LogP contribution in [0.3, 0.4) is 0 Å². The molecular formula is C15H25N3O3. The van der Waals surface area contributed by atoms with Crippen LogP contribution in [0.4, 0.5) is 0 Å². The third-order valence-corrected chi connectivity index (χ3v) is 4.38. The molecule has 6 heteroatoms. The Morgan fingerprint density at radius 2 is 1.76 bits per heavy atom. The Labute approximate surface area is 125 Å². The van der Waals surface area contributed by atoms with Crippen molar-refractivity contribution in [2.24, 2.45) is 11.8 Å². The van der Waals surface area contributed by atoms with Crippen LogP contribution in [0.5, 0.6) is 0 Å². The molecule has 0 bridgehead atoms. The maximum absolute atomic E-state index is 12.2. The second-order valence-electron chi connectivity index (χ2n) is 6.23. The van der Waals surface area contributed by atoms with Crippen molar-refractivity contribution in [1.29, 1.82) is 0 Å². The van der Waals surface area contributed by atoms with E-state index in [1.165, 1.54) is 4.90 Å². The molecule has 1 aliphatic carbocycles. The molecule has 1 aliphatic heterocycles. The zero-order valence-electron chi connectivity index (χ0n) is 12.9. The molecule has 0 radical (unpaired) electrons. The lowest BCUT2D eigenvalue weighted by Gasteiger charge is -2.19. The van der Waals surface area contributed by atoms with E-state index in [2.05, 4.69) is 5.32 Å². The average molecular weight is 295 g/mol. The molecule has 0 unspecified atom stereocenters. The highest BCUT2D eigenvalue weighted by Crippen LogP contribution is 2.37. The van der Waals surface area contributed by atoms with E-state index in [9.17, 15) is 14.4 Å². The second-order valence-corrected chi connectivity index (χ2v) is 6.23. The van der Waals surface area contributed by atoms with Crippen LogP contribution in [0.25, 0.3) is 0 Å². The van der Waals surface area contributed by atoms with E-state index in [4.69, 9.17) is 0 Å². The van der Waals surface area contributed by atoms with Gasteiger partial charge in [-0.3, -0.25) is 19.3 Å². The molecule has 1 heterocycles. The summed E-state index contributed by atoms with van der Waals surface area (Å²) >= 11 is 0. The number of likely N-dealkylation sites (N-methyl/N-ethyl adjacent to an activating group) is 1. The predicted octanol–water partition coefficient (Wildman–Crippen LogP) is 0.230. The number of nitrogens with one attached hydrogen (secondary N) is 1. The van der Waals surface area contributed by atoms with Crippen LogP contribution in [0.15, 0.2) is 0 Å². The zero-order valence-corrected chi connectivity index (χ0v) is 12.9. The maximum Gasteiger partial charge on any atom is 0.233 e. The van der Waals surface area contributed by atoms with Gasteiger partial charge in [0, 0.05) is 26.1 Å². The number of amides is 3. The van der Waals surface area contributed by atoms with Crippen LogP contribution >= 0.6 is 0 Å². The van der Waals surface area contributed by atoms with Crippen LogP contribution in [0.2, 0.25) is 0 Å². The molecule has 6 nitrogen and oxygen atoms in total. The molecule has 0 aromatic heterocycles. The lowest BCUT2D eigenvalue weighted by atomic mass is 9.81. The number of hydrogen-bond donors (Lipinski definition) is 1. The van der Waals surface area contributed by atoms with Crippen LogP contribution in [0.1, 0.15) is 32.1 Å². The van der Waals surface area contributed by atoms with Gasteiger partial charge < -0.3 is 10.2 Å². The Bertz CT molecular complexity index is 398. The summed E-state index contributed by atoms with van der Waals surface area (Å²) in [5, 5.41) is 2.80. The molecule has 0 aromatic rings. The van der Waals surface area contributed by atoms with Gasteiger partial charge in [-0.2, -0.15) is 0 Å². The fourth-order valence-corrected chi connectivity index (χ4v) is 3.17. The van der Waals surface area contributed by atoms with Gasteiger partial charge >= 0.3 is 0 Å². The summed E-state index contributed by atoms with van der Waals surface area (Å²) in [4.78, 5) is 39.5. The van der Waals surface area contributed by atoms with E-state index >= 15 is 0 Å². The van der Waals surface area contributed by atoms with Crippen molar-refractivity contribution >= 4 is 17.7 Å². The van der Waals surface area contributed by atoms with Crippen molar-refractivity contribution in [2.45, 2.75) is 32.1 Å². The van der Waals surface area contributed by atoms with Crippen molar-refractivity contribution < 1.29 is 14.4 Å². The first-order valence-electron chi connectivity index (χ1n) is 7.77. The second kappa shape index (κ2) is 7.02. The first-order chi connectivity index (χ1) is 10.0. The summed E-state index contributed by atoms with van der Waals surface area (Å²) in [7, 11) is 3.88. The first kappa shape index (κ1) is 15.9. The van der Waals surface area contributed by atoms with E-state index in [0.29, 0.717) is 6.54 Å². The molecule has 2 fully saturated rings. The Morgan fingerprint density at radius 3 is 2.29 bits per heavy atom. The minimum atomic E-state index is -0.122. The van der Waals surface area contributed by atoms with Crippen molar-refractivity contribution in [1.82, 2.24) is 15.1 Å². The minimum absolute atomic E-state index is 0.0641. The smallest absolute Gasteiger partial charge is 0.233 e. The lowest BCUT2D eigenvalue weighted by Crippen LogP contribution is -2.37. The van der Waals surface area contributed by atoms with Gasteiger partial charge in [0.25, 0.3) is 0 Å². The van der Waals surface area contributed by atoms with Crippen molar-refractivity contribution in [2.75, 3.05) is 33.7 Å². The third kappa shape index (κ3) is 3.81. The molecule has 1 N–H and O–H groups in total. The normalized spacial score (nSPS) is 25.4.